The van der Waals surface area contributed by atoms with Gasteiger partial charge in [-0.1, -0.05) is 0 Å². The Hall–Kier alpha value is 0.937. The second-order valence-electron chi connectivity index (χ2n) is 4.68. The van der Waals surface area contributed by atoms with Crippen LogP contribution in [0.25, 0.3) is 0 Å². The molecule has 0 atom stereocenters. The normalized spacial score (nSPS) is 14.4. The van der Waals surface area contributed by atoms with Crippen LogP contribution in [0, 0.1) is 0 Å². The van der Waals surface area contributed by atoms with Crippen LogP contribution in [0.3, 0.4) is 0 Å². The van der Waals surface area contributed by atoms with Crippen molar-refractivity contribution in [1.82, 2.24) is 3.19 Å². The summed E-state index contributed by atoms with van der Waals surface area (Å²) in [5, 5.41) is 0. The van der Waals surface area contributed by atoms with Gasteiger partial charge in [0.05, 0.1) is 0 Å². The van der Waals surface area contributed by atoms with Crippen LogP contribution in [0.1, 0.15) is 0 Å². The van der Waals surface area contributed by atoms with E-state index in [2.05, 4.69) is 59.2 Å². The van der Waals surface area contributed by atoms with E-state index in [4.69, 9.17) is 0 Å². The van der Waals surface area contributed by atoms with E-state index in [1.807, 2.05) is 0 Å². The van der Waals surface area contributed by atoms with E-state index in [0.29, 0.717) is 0 Å². The first-order valence-corrected chi connectivity index (χ1v) is 11.5. The molecule has 0 aliphatic carbocycles. The van der Waals surface area contributed by atoms with Crippen molar-refractivity contribution >= 4 is 33.2 Å². The van der Waals surface area contributed by atoms with Crippen LogP contribution in [0.15, 0.2) is 0 Å². The second-order valence-corrected chi connectivity index (χ2v) is 17.5. The Morgan fingerprint density at radius 2 is 1.00 bits per heavy atom. The Balaban J connectivity index is 4.23. The molecule has 0 aromatic heterocycles. The zero-order valence-corrected chi connectivity index (χ0v) is 12.0. The van der Waals surface area contributed by atoms with E-state index >= 15 is 0 Å². The predicted octanol–water partition coefficient (Wildman–Crippen LogP) is 2.04. The molecule has 0 saturated heterocycles. The summed E-state index contributed by atoms with van der Waals surface area (Å²) in [4.78, 5) is 0. The summed E-state index contributed by atoms with van der Waals surface area (Å²) in [6.07, 6.45) is 0. The van der Waals surface area contributed by atoms with E-state index in [9.17, 15) is 0 Å². The Kier molecular flexibility index (Phi) is 3.42. The molecule has 0 unspecified atom stereocenters. The molecular weight excluding hydrogens is 215 g/mol. The predicted molar refractivity (Wildman–Crippen MR) is 54.3 cm³/mol. The molecule has 0 saturated carbocycles. The standard InChI is InChI=1S/C6H18GeNSi2/c1-9(2,3)8(7)10(4,5)6/h1-6H3. The van der Waals surface area contributed by atoms with Gasteiger partial charge in [0.25, 0.3) is 0 Å². The van der Waals surface area contributed by atoms with Gasteiger partial charge in [-0.05, 0) is 0 Å². The van der Waals surface area contributed by atoms with Gasteiger partial charge in [0.2, 0.25) is 0 Å². The van der Waals surface area contributed by atoms with Crippen molar-refractivity contribution in [2.75, 3.05) is 0 Å². The quantitative estimate of drug-likeness (QED) is 0.659. The molecule has 10 heavy (non-hydrogen) atoms. The molecule has 3 radical (unpaired) electrons. The zero-order chi connectivity index (χ0) is 8.58. The van der Waals surface area contributed by atoms with Gasteiger partial charge in [-0.25, -0.2) is 0 Å². The van der Waals surface area contributed by atoms with Crippen LogP contribution in [0.5, 0.6) is 0 Å². The second kappa shape index (κ2) is 3.12. The van der Waals surface area contributed by atoms with Gasteiger partial charge >= 0.3 is 75.7 Å². The van der Waals surface area contributed by atoms with E-state index < -0.39 is 16.5 Å². The summed E-state index contributed by atoms with van der Waals surface area (Å²) >= 11 is 2.29. The summed E-state index contributed by atoms with van der Waals surface area (Å²) in [5.41, 5.74) is 0. The van der Waals surface area contributed by atoms with Gasteiger partial charge in [0, 0.05) is 0 Å². The Morgan fingerprint density at radius 3 is 1.00 bits per heavy atom. The van der Waals surface area contributed by atoms with Crippen molar-refractivity contribution in [3.8, 4) is 0 Å². The molecule has 0 aliphatic rings. The molecule has 0 spiro atoms. The molecular formula is C6H18GeNSi2. The monoisotopic (exact) mass is 234 g/mol. The Labute approximate surface area is 75.8 Å². The van der Waals surface area contributed by atoms with Gasteiger partial charge in [0.1, 0.15) is 0 Å². The van der Waals surface area contributed by atoms with Crippen molar-refractivity contribution in [3.05, 3.63) is 0 Å². The molecule has 0 aromatic rings. The summed E-state index contributed by atoms with van der Waals surface area (Å²) < 4.78 is 2.65. The first kappa shape index (κ1) is 10.9. The first-order chi connectivity index (χ1) is 4.15. The third kappa shape index (κ3) is 3.36. The van der Waals surface area contributed by atoms with Crippen LogP contribution < -0.4 is 0 Å². The summed E-state index contributed by atoms with van der Waals surface area (Å²) in [6.45, 7) is 14.4. The summed E-state index contributed by atoms with van der Waals surface area (Å²) in [6, 6.07) is 0. The molecule has 0 fully saturated rings. The van der Waals surface area contributed by atoms with Crippen LogP contribution >= 0.6 is 0 Å². The molecule has 0 amide bonds. The molecule has 0 aromatic carbocycles. The molecule has 0 bridgehead atoms. The fourth-order valence-corrected chi connectivity index (χ4v) is 9.06. The van der Waals surface area contributed by atoms with Crippen LogP contribution in [0.4, 0.5) is 0 Å². The zero-order valence-electron chi connectivity index (χ0n) is 7.95. The number of hydrogen-bond acceptors (Lipinski definition) is 1. The topological polar surface area (TPSA) is 3.24 Å². The van der Waals surface area contributed by atoms with E-state index in [1.165, 1.54) is 0 Å². The van der Waals surface area contributed by atoms with Crippen molar-refractivity contribution < 1.29 is 0 Å². The van der Waals surface area contributed by atoms with Crippen LogP contribution in [0.2, 0.25) is 39.3 Å². The Bertz CT molecular complexity index is 99.9. The SMILES string of the molecule is C[Si](C)(C)[N]([Ge])[Si](C)(C)C. The fraction of sp³-hybridized carbons (Fsp3) is 1.00. The minimum absolute atomic E-state index is 1.00. The average Bonchev–Trinajstić information content (AvgIpc) is 1.59. The molecule has 0 aliphatic heterocycles. The van der Waals surface area contributed by atoms with Crippen molar-refractivity contribution in [2.24, 2.45) is 0 Å². The Morgan fingerprint density at radius 1 is 0.800 bits per heavy atom. The maximum atomic E-state index is 2.65. The molecule has 1 nitrogen and oxygen atoms in total. The van der Waals surface area contributed by atoms with E-state index in [-0.39, 0.29) is 0 Å². The van der Waals surface area contributed by atoms with E-state index in [1.54, 1.807) is 0 Å². The van der Waals surface area contributed by atoms with Gasteiger partial charge in [-0.15, -0.1) is 0 Å². The average molecular weight is 233 g/mol. The molecule has 0 N–H and O–H groups in total. The fourth-order valence-electron chi connectivity index (χ4n) is 1.01. The van der Waals surface area contributed by atoms with Gasteiger partial charge in [0.15, 0.2) is 0 Å². The van der Waals surface area contributed by atoms with Gasteiger partial charge in [-0.3, -0.25) is 0 Å². The van der Waals surface area contributed by atoms with Gasteiger partial charge in [-0.2, -0.15) is 0 Å². The minimum atomic E-state index is -1.00. The summed E-state index contributed by atoms with van der Waals surface area (Å²) in [5.74, 6) is 0. The van der Waals surface area contributed by atoms with Crippen LogP contribution in [-0.2, 0) is 0 Å². The third-order valence-electron chi connectivity index (χ3n) is 1.34. The van der Waals surface area contributed by atoms with Crippen LogP contribution in [-0.4, -0.2) is 36.4 Å². The maximum absolute atomic E-state index is 2.65. The van der Waals surface area contributed by atoms with Crippen molar-refractivity contribution in [3.63, 3.8) is 0 Å². The molecule has 4 heteroatoms. The van der Waals surface area contributed by atoms with Crippen molar-refractivity contribution in [1.29, 1.82) is 0 Å². The molecule has 0 heterocycles. The van der Waals surface area contributed by atoms with E-state index in [0.717, 1.165) is 0 Å². The first-order valence-electron chi connectivity index (χ1n) is 3.67. The van der Waals surface area contributed by atoms with Crippen molar-refractivity contribution in [2.45, 2.75) is 39.3 Å². The van der Waals surface area contributed by atoms with Gasteiger partial charge < -0.3 is 0 Å². The number of nitrogens with zero attached hydrogens (tertiary/aromatic N) is 1. The summed E-state index contributed by atoms with van der Waals surface area (Å²) in [7, 11) is -2.00. The molecule has 0 rings (SSSR count). The molecule has 59 valence electrons. The number of hydrogen-bond donors (Lipinski definition) is 0. The third-order valence-corrected chi connectivity index (χ3v) is 16.5. The number of rotatable bonds is 2.